The summed E-state index contributed by atoms with van der Waals surface area (Å²) in [5.74, 6) is 0.710. The van der Waals surface area contributed by atoms with E-state index >= 15 is 0 Å². The average molecular weight is 241 g/mol. The first kappa shape index (κ1) is 11.8. The lowest BCUT2D eigenvalue weighted by Gasteiger charge is -2.22. The Labute approximate surface area is 101 Å². The quantitative estimate of drug-likeness (QED) is 0.820. The van der Waals surface area contributed by atoms with Gasteiger partial charge in [0.15, 0.2) is 0 Å². The number of rotatable bonds is 4. The van der Waals surface area contributed by atoms with E-state index in [-0.39, 0.29) is 0 Å². The first-order valence-electron chi connectivity index (χ1n) is 5.73. The number of halogens is 1. The summed E-state index contributed by atoms with van der Waals surface area (Å²) in [6, 6.07) is 3.75. The van der Waals surface area contributed by atoms with Crippen LogP contribution in [-0.4, -0.2) is 24.7 Å². The highest BCUT2D eigenvalue weighted by Crippen LogP contribution is 2.13. The van der Waals surface area contributed by atoms with E-state index < -0.39 is 0 Å². The fourth-order valence-electron chi connectivity index (χ4n) is 1.88. The van der Waals surface area contributed by atoms with Crippen LogP contribution in [0.1, 0.15) is 18.4 Å². The topological polar surface area (TPSA) is 34.1 Å². The van der Waals surface area contributed by atoms with Gasteiger partial charge in [0.05, 0.1) is 6.61 Å². The second-order valence-electron chi connectivity index (χ2n) is 4.20. The van der Waals surface area contributed by atoms with Gasteiger partial charge in [-0.1, -0.05) is 17.7 Å². The molecule has 1 fully saturated rings. The minimum absolute atomic E-state index is 0.530. The van der Waals surface area contributed by atoms with Crippen molar-refractivity contribution in [3.8, 4) is 0 Å². The molecule has 88 valence electrons. The van der Waals surface area contributed by atoms with Crippen LogP contribution in [0.15, 0.2) is 18.3 Å². The van der Waals surface area contributed by atoms with Crippen molar-refractivity contribution in [1.82, 2.24) is 10.3 Å². The molecule has 2 rings (SSSR count). The maximum absolute atomic E-state index is 5.71. The largest absolute Gasteiger partial charge is 0.376 e. The van der Waals surface area contributed by atoms with E-state index in [0.29, 0.717) is 17.7 Å². The Hall–Kier alpha value is -0.640. The highest BCUT2D eigenvalue weighted by molar-refractivity contribution is 6.29. The van der Waals surface area contributed by atoms with Gasteiger partial charge in [0.1, 0.15) is 5.15 Å². The third kappa shape index (κ3) is 3.74. The summed E-state index contributed by atoms with van der Waals surface area (Å²) in [5, 5.41) is 3.88. The van der Waals surface area contributed by atoms with Crippen molar-refractivity contribution in [1.29, 1.82) is 0 Å². The molecule has 0 atom stereocenters. The zero-order chi connectivity index (χ0) is 11.2. The molecule has 3 nitrogen and oxygen atoms in total. The van der Waals surface area contributed by atoms with Gasteiger partial charge >= 0.3 is 0 Å². The highest BCUT2D eigenvalue weighted by Gasteiger charge is 2.12. The second kappa shape index (κ2) is 6.18. The van der Waals surface area contributed by atoms with Crippen LogP contribution in [0.4, 0.5) is 0 Å². The van der Waals surface area contributed by atoms with Crippen LogP contribution in [0, 0.1) is 5.92 Å². The lowest BCUT2D eigenvalue weighted by Crippen LogP contribution is -2.29. The zero-order valence-corrected chi connectivity index (χ0v) is 10.0. The first-order valence-corrected chi connectivity index (χ1v) is 6.11. The second-order valence-corrected chi connectivity index (χ2v) is 4.58. The monoisotopic (exact) mass is 240 g/mol. The number of piperidine rings is 1. The Balaban J connectivity index is 1.69. The number of aromatic nitrogens is 1. The highest BCUT2D eigenvalue weighted by atomic mass is 35.5. The number of ether oxygens (including phenoxy) is 1. The van der Waals surface area contributed by atoms with Crippen molar-refractivity contribution in [2.24, 2.45) is 5.92 Å². The van der Waals surface area contributed by atoms with Gasteiger partial charge in [0.25, 0.3) is 0 Å². The van der Waals surface area contributed by atoms with Crippen LogP contribution >= 0.6 is 11.6 Å². The Kier molecular flexibility index (Phi) is 4.57. The summed E-state index contributed by atoms with van der Waals surface area (Å²) in [7, 11) is 0. The van der Waals surface area contributed by atoms with Crippen molar-refractivity contribution in [3.05, 3.63) is 29.0 Å². The molecule has 0 radical (unpaired) electrons. The number of hydrogen-bond donors (Lipinski definition) is 1. The van der Waals surface area contributed by atoms with Crippen LogP contribution in [-0.2, 0) is 11.3 Å². The third-order valence-electron chi connectivity index (χ3n) is 2.87. The Morgan fingerprint density at radius 2 is 2.19 bits per heavy atom. The molecule has 1 aromatic heterocycles. The van der Waals surface area contributed by atoms with Crippen molar-refractivity contribution >= 4 is 11.6 Å². The number of nitrogens with zero attached hydrogens (tertiary/aromatic N) is 1. The van der Waals surface area contributed by atoms with E-state index in [4.69, 9.17) is 16.3 Å². The molecule has 0 spiro atoms. The molecule has 1 N–H and O–H groups in total. The van der Waals surface area contributed by atoms with Gasteiger partial charge in [-0.3, -0.25) is 0 Å². The molecule has 0 saturated carbocycles. The average Bonchev–Trinajstić information content (AvgIpc) is 2.33. The third-order valence-corrected chi connectivity index (χ3v) is 3.09. The smallest absolute Gasteiger partial charge is 0.129 e. The molecular formula is C12H17ClN2O. The molecule has 0 aliphatic carbocycles. The molecule has 1 aliphatic rings. The van der Waals surface area contributed by atoms with Gasteiger partial charge in [-0.2, -0.15) is 0 Å². The molecule has 1 aliphatic heterocycles. The van der Waals surface area contributed by atoms with Crippen LogP contribution in [0.3, 0.4) is 0 Å². The predicted molar refractivity (Wildman–Crippen MR) is 64.5 cm³/mol. The summed E-state index contributed by atoms with van der Waals surface area (Å²) >= 11 is 5.71. The standard InChI is InChI=1S/C12H17ClN2O/c13-12-2-1-11(7-15-12)9-16-8-10-3-5-14-6-4-10/h1-2,7,10,14H,3-6,8-9H2. The minimum Gasteiger partial charge on any atom is -0.376 e. The van der Waals surface area contributed by atoms with E-state index in [1.807, 2.05) is 6.07 Å². The Bertz CT molecular complexity index is 309. The maximum atomic E-state index is 5.71. The summed E-state index contributed by atoms with van der Waals surface area (Å²) in [5.41, 5.74) is 1.08. The molecule has 1 saturated heterocycles. The molecular weight excluding hydrogens is 224 g/mol. The van der Waals surface area contributed by atoms with E-state index in [9.17, 15) is 0 Å². The fraction of sp³-hybridized carbons (Fsp3) is 0.583. The van der Waals surface area contributed by atoms with Crippen LogP contribution in [0.5, 0.6) is 0 Å². The molecule has 0 aromatic carbocycles. The van der Waals surface area contributed by atoms with Gasteiger partial charge in [0.2, 0.25) is 0 Å². The molecule has 16 heavy (non-hydrogen) atoms. The molecule has 1 aromatic rings. The summed E-state index contributed by atoms with van der Waals surface area (Å²) in [4.78, 5) is 4.02. The molecule has 0 unspecified atom stereocenters. The van der Waals surface area contributed by atoms with Gasteiger partial charge in [-0.15, -0.1) is 0 Å². The maximum Gasteiger partial charge on any atom is 0.129 e. The van der Waals surface area contributed by atoms with Gasteiger partial charge in [-0.05, 0) is 43.5 Å². The Morgan fingerprint density at radius 1 is 1.38 bits per heavy atom. The number of nitrogens with one attached hydrogen (secondary N) is 1. The van der Waals surface area contributed by atoms with Crippen LogP contribution in [0.25, 0.3) is 0 Å². The van der Waals surface area contributed by atoms with E-state index in [1.165, 1.54) is 12.8 Å². The summed E-state index contributed by atoms with van der Waals surface area (Å²) < 4.78 is 5.69. The molecule has 0 bridgehead atoms. The molecule has 2 heterocycles. The number of hydrogen-bond acceptors (Lipinski definition) is 3. The van der Waals surface area contributed by atoms with Gasteiger partial charge in [0, 0.05) is 12.8 Å². The lowest BCUT2D eigenvalue weighted by atomic mass is 9.99. The first-order chi connectivity index (χ1) is 7.84. The Morgan fingerprint density at radius 3 is 2.88 bits per heavy atom. The zero-order valence-electron chi connectivity index (χ0n) is 9.29. The van der Waals surface area contributed by atoms with E-state index in [1.54, 1.807) is 12.3 Å². The fourth-order valence-corrected chi connectivity index (χ4v) is 2.00. The summed E-state index contributed by atoms with van der Waals surface area (Å²) in [6.45, 7) is 3.73. The van der Waals surface area contributed by atoms with E-state index in [2.05, 4.69) is 10.3 Å². The van der Waals surface area contributed by atoms with Gasteiger partial charge < -0.3 is 10.1 Å². The van der Waals surface area contributed by atoms with Crippen molar-refractivity contribution in [2.45, 2.75) is 19.4 Å². The van der Waals surface area contributed by atoms with E-state index in [0.717, 1.165) is 25.3 Å². The van der Waals surface area contributed by atoms with Gasteiger partial charge in [-0.25, -0.2) is 4.98 Å². The lowest BCUT2D eigenvalue weighted by molar-refractivity contribution is 0.0762. The minimum atomic E-state index is 0.530. The van der Waals surface area contributed by atoms with Crippen molar-refractivity contribution in [2.75, 3.05) is 19.7 Å². The van der Waals surface area contributed by atoms with Crippen molar-refractivity contribution < 1.29 is 4.74 Å². The van der Waals surface area contributed by atoms with Crippen LogP contribution < -0.4 is 5.32 Å². The number of pyridine rings is 1. The van der Waals surface area contributed by atoms with Crippen LogP contribution in [0.2, 0.25) is 5.15 Å². The molecule has 4 heteroatoms. The van der Waals surface area contributed by atoms with Crippen molar-refractivity contribution in [3.63, 3.8) is 0 Å². The molecule has 0 amide bonds. The SMILES string of the molecule is Clc1ccc(COCC2CCNCC2)cn1. The predicted octanol–water partition coefficient (Wildman–Crippen LogP) is 2.25. The summed E-state index contributed by atoms with van der Waals surface area (Å²) in [6.07, 6.45) is 4.21. The normalized spacial score (nSPS) is 17.6.